The third-order valence-corrected chi connectivity index (χ3v) is 5.88. The molecule has 1 aliphatic carbocycles. The van der Waals surface area contributed by atoms with Gasteiger partial charge in [-0.1, -0.05) is 78.9 Å². The van der Waals surface area contributed by atoms with Crippen molar-refractivity contribution in [1.29, 1.82) is 0 Å². The van der Waals surface area contributed by atoms with E-state index in [-0.39, 0.29) is 32.3 Å². The molecule has 7 heteroatoms. The lowest BCUT2D eigenvalue weighted by atomic mass is 9.98. The summed E-state index contributed by atoms with van der Waals surface area (Å²) in [6, 6.07) is 24.3. The predicted octanol–water partition coefficient (Wildman–Crippen LogP) is 4.42. The Bertz CT molecular complexity index is 1140. The molecule has 1 unspecified atom stereocenters. The van der Waals surface area contributed by atoms with E-state index in [1.165, 1.54) is 0 Å². The zero-order chi connectivity index (χ0) is 25.5. The van der Waals surface area contributed by atoms with Gasteiger partial charge in [0.25, 0.3) is 0 Å². The Labute approximate surface area is 211 Å². The van der Waals surface area contributed by atoms with Crippen molar-refractivity contribution in [2.24, 2.45) is 0 Å². The topological polar surface area (TPSA) is 94.1 Å². The van der Waals surface area contributed by atoms with Crippen LogP contribution in [0.3, 0.4) is 0 Å². The van der Waals surface area contributed by atoms with E-state index in [0.717, 1.165) is 27.8 Å². The first-order valence-electron chi connectivity index (χ1n) is 11.9. The summed E-state index contributed by atoms with van der Waals surface area (Å²) in [6.07, 6.45) is -0.745. The van der Waals surface area contributed by atoms with Crippen molar-refractivity contribution in [3.8, 4) is 11.1 Å². The lowest BCUT2D eigenvalue weighted by Gasteiger charge is -2.22. The van der Waals surface area contributed by atoms with E-state index in [1.54, 1.807) is 13.8 Å². The van der Waals surface area contributed by atoms with Crippen molar-refractivity contribution < 1.29 is 28.9 Å². The molecule has 0 saturated heterocycles. The van der Waals surface area contributed by atoms with Gasteiger partial charge in [0.15, 0.2) is 6.04 Å². The quantitative estimate of drug-likeness (QED) is 0.410. The van der Waals surface area contributed by atoms with Crippen LogP contribution in [0.15, 0.2) is 78.9 Å². The zero-order valence-electron chi connectivity index (χ0n) is 20.5. The number of carbonyl (C=O) groups is 2. The number of hydrogen-bond donors (Lipinski definition) is 2. The average molecular weight is 490 g/mol. The minimum Gasteiger partial charge on any atom is -0.459 e. The molecule has 4 rings (SSSR count). The molecule has 0 aromatic heterocycles. The number of aliphatic hydroxyl groups is 1. The van der Waals surface area contributed by atoms with Gasteiger partial charge in [0, 0.05) is 5.92 Å². The molecule has 1 atom stereocenters. The summed E-state index contributed by atoms with van der Waals surface area (Å²) in [5.41, 5.74) is 4.19. The van der Waals surface area contributed by atoms with Gasteiger partial charge in [-0.25, -0.2) is 9.59 Å². The molecule has 2 N–H and O–H groups in total. The summed E-state index contributed by atoms with van der Waals surface area (Å²) >= 11 is 0. The summed E-state index contributed by atoms with van der Waals surface area (Å²) < 4.78 is 16.4. The van der Waals surface area contributed by atoms with Crippen molar-refractivity contribution in [3.05, 3.63) is 95.6 Å². The van der Waals surface area contributed by atoms with Gasteiger partial charge in [0.05, 0.1) is 18.8 Å². The number of esters is 1. The third-order valence-electron chi connectivity index (χ3n) is 5.88. The van der Waals surface area contributed by atoms with Crippen LogP contribution in [0.1, 0.15) is 36.5 Å². The van der Waals surface area contributed by atoms with Crippen LogP contribution in [0.25, 0.3) is 11.1 Å². The molecule has 3 aromatic carbocycles. The first-order chi connectivity index (χ1) is 17.3. The Hall–Kier alpha value is -3.68. The molecule has 0 spiro atoms. The third kappa shape index (κ3) is 6.50. The lowest BCUT2D eigenvalue weighted by molar-refractivity contribution is -0.149. The number of amides is 1. The Balaban J connectivity index is 1.38. The molecular formula is C29H31NO6. The van der Waals surface area contributed by atoms with Crippen LogP contribution in [-0.2, 0) is 25.6 Å². The highest BCUT2D eigenvalue weighted by Gasteiger charge is 2.30. The number of alkyl carbamates (subject to hydrolysis) is 1. The molecule has 1 aliphatic rings. The van der Waals surface area contributed by atoms with E-state index < -0.39 is 23.7 Å². The highest BCUT2D eigenvalue weighted by atomic mass is 16.6. The van der Waals surface area contributed by atoms with Gasteiger partial charge in [0.1, 0.15) is 13.2 Å². The zero-order valence-corrected chi connectivity index (χ0v) is 20.5. The number of benzene rings is 3. The van der Waals surface area contributed by atoms with Crippen molar-refractivity contribution in [1.82, 2.24) is 5.32 Å². The van der Waals surface area contributed by atoms with Crippen molar-refractivity contribution in [2.75, 3.05) is 19.8 Å². The fourth-order valence-electron chi connectivity index (χ4n) is 4.21. The van der Waals surface area contributed by atoms with Crippen LogP contribution in [-0.4, -0.2) is 48.6 Å². The summed E-state index contributed by atoms with van der Waals surface area (Å²) in [7, 11) is 0. The van der Waals surface area contributed by atoms with Gasteiger partial charge in [-0.3, -0.25) is 0 Å². The summed E-state index contributed by atoms with van der Waals surface area (Å²) in [4.78, 5) is 25.5. The summed E-state index contributed by atoms with van der Waals surface area (Å²) in [5, 5.41) is 12.5. The maximum absolute atomic E-state index is 12.8. The van der Waals surface area contributed by atoms with E-state index >= 15 is 0 Å². The molecule has 0 aliphatic heterocycles. The van der Waals surface area contributed by atoms with Crippen molar-refractivity contribution >= 4 is 12.1 Å². The van der Waals surface area contributed by atoms with Gasteiger partial charge in [0.2, 0.25) is 0 Å². The normalized spacial score (nSPS) is 13.4. The molecule has 3 aromatic rings. The summed E-state index contributed by atoms with van der Waals surface area (Å²) in [5.74, 6) is -0.749. The van der Waals surface area contributed by atoms with E-state index in [2.05, 4.69) is 17.4 Å². The van der Waals surface area contributed by atoms with Crippen LogP contribution >= 0.6 is 0 Å². The molecule has 7 nitrogen and oxygen atoms in total. The molecule has 36 heavy (non-hydrogen) atoms. The highest BCUT2D eigenvalue weighted by molar-refractivity contribution is 5.82. The molecule has 0 saturated carbocycles. The fraction of sp³-hybridized carbons (Fsp3) is 0.310. The number of hydrogen-bond acceptors (Lipinski definition) is 6. The maximum atomic E-state index is 12.8. The molecule has 188 valence electrons. The van der Waals surface area contributed by atoms with Crippen molar-refractivity contribution in [2.45, 2.75) is 38.0 Å². The lowest BCUT2D eigenvalue weighted by Crippen LogP contribution is -2.46. The Morgan fingerprint density at radius 1 is 0.889 bits per heavy atom. The molecular weight excluding hydrogens is 458 g/mol. The number of nitrogens with one attached hydrogen (secondary N) is 1. The second-order valence-corrected chi connectivity index (χ2v) is 9.44. The van der Waals surface area contributed by atoms with Crippen LogP contribution in [0.4, 0.5) is 4.79 Å². The Kier molecular flexibility index (Phi) is 8.03. The summed E-state index contributed by atoms with van der Waals surface area (Å²) in [6.45, 7) is 3.19. The SMILES string of the molecule is CC(C)(O)COCC(NC(=O)OCC1c2ccccc2-c2ccccc21)C(=O)OCc1ccccc1. The Morgan fingerprint density at radius 3 is 2.08 bits per heavy atom. The predicted molar refractivity (Wildman–Crippen MR) is 135 cm³/mol. The monoisotopic (exact) mass is 489 g/mol. The molecule has 0 bridgehead atoms. The van der Waals surface area contributed by atoms with E-state index in [4.69, 9.17) is 14.2 Å². The molecule has 0 radical (unpaired) electrons. The highest BCUT2D eigenvalue weighted by Crippen LogP contribution is 2.44. The molecule has 1 amide bonds. The van der Waals surface area contributed by atoms with Crippen LogP contribution in [0, 0.1) is 0 Å². The van der Waals surface area contributed by atoms with Crippen molar-refractivity contribution in [3.63, 3.8) is 0 Å². The van der Waals surface area contributed by atoms with Crippen LogP contribution < -0.4 is 5.32 Å². The van der Waals surface area contributed by atoms with Gasteiger partial charge in [-0.05, 0) is 41.7 Å². The van der Waals surface area contributed by atoms with E-state index in [0.29, 0.717) is 0 Å². The van der Waals surface area contributed by atoms with Gasteiger partial charge >= 0.3 is 12.1 Å². The fourth-order valence-corrected chi connectivity index (χ4v) is 4.21. The van der Waals surface area contributed by atoms with E-state index in [1.807, 2.05) is 66.7 Å². The van der Waals surface area contributed by atoms with Crippen LogP contribution in [0.5, 0.6) is 0 Å². The second-order valence-electron chi connectivity index (χ2n) is 9.44. The standard InChI is InChI=1S/C29H31NO6/c1-29(2,33)19-34-18-26(27(31)35-16-20-10-4-3-5-11-20)30-28(32)36-17-25-23-14-8-6-12-21(23)22-13-7-9-15-24(22)25/h3-15,25-26,33H,16-19H2,1-2H3,(H,30,32). The van der Waals surface area contributed by atoms with Gasteiger partial charge in [-0.2, -0.15) is 0 Å². The molecule has 0 heterocycles. The number of carbonyl (C=O) groups excluding carboxylic acids is 2. The Morgan fingerprint density at radius 2 is 1.47 bits per heavy atom. The van der Waals surface area contributed by atoms with Gasteiger partial charge < -0.3 is 24.6 Å². The van der Waals surface area contributed by atoms with Gasteiger partial charge in [-0.15, -0.1) is 0 Å². The van der Waals surface area contributed by atoms with E-state index in [9.17, 15) is 14.7 Å². The minimum atomic E-state index is -1.09. The smallest absolute Gasteiger partial charge is 0.407 e. The first-order valence-corrected chi connectivity index (χ1v) is 11.9. The maximum Gasteiger partial charge on any atom is 0.407 e. The average Bonchev–Trinajstić information content (AvgIpc) is 3.19. The second kappa shape index (κ2) is 11.4. The number of fused-ring (bicyclic) bond motifs is 3. The minimum absolute atomic E-state index is 0.0121. The first kappa shape index (κ1) is 25.4. The largest absolute Gasteiger partial charge is 0.459 e. The molecule has 0 fully saturated rings. The number of rotatable bonds is 10. The van der Waals surface area contributed by atoms with Crippen LogP contribution in [0.2, 0.25) is 0 Å². The number of ether oxygens (including phenoxy) is 3.